The van der Waals surface area contributed by atoms with E-state index in [0.29, 0.717) is 0 Å². The molecular weight excluding hydrogens is 160 g/mol. The van der Waals surface area contributed by atoms with Crippen LogP contribution in [0.5, 0.6) is 0 Å². The maximum Gasteiger partial charge on any atom is 0.170 e. The second kappa shape index (κ2) is 3.65. The molecule has 0 atom stereocenters. The molecule has 2 aromatic rings. The average molecular weight is 173 g/mol. The van der Waals surface area contributed by atoms with Gasteiger partial charge in [-0.05, 0) is 30.5 Å². The summed E-state index contributed by atoms with van der Waals surface area (Å²) in [6.07, 6.45) is 6.39. The Labute approximate surface area is 78.4 Å². The van der Waals surface area contributed by atoms with E-state index in [1.54, 1.807) is 0 Å². The molecule has 0 fully saturated rings. The Morgan fingerprint density at radius 3 is 3.15 bits per heavy atom. The zero-order chi connectivity index (χ0) is 9.10. The Bertz CT molecular complexity index is 387. The molecule has 1 heterocycles. The zero-order valence-electron chi connectivity index (χ0n) is 7.84. The summed E-state index contributed by atoms with van der Waals surface area (Å²) in [5.74, 6) is 0. The third-order valence-corrected chi connectivity index (χ3v) is 2.33. The minimum atomic E-state index is 0.952. The molecule has 0 amide bonds. The highest BCUT2D eigenvalue weighted by Gasteiger charge is 2.01. The van der Waals surface area contributed by atoms with E-state index in [9.17, 15) is 0 Å². The van der Waals surface area contributed by atoms with Crippen molar-refractivity contribution in [3.63, 3.8) is 0 Å². The molecule has 0 bridgehead atoms. The molecule has 0 saturated carbocycles. The minimum absolute atomic E-state index is 0.952. The summed E-state index contributed by atoms with van der Waals surface area (Å²) in [5.41, 5.74) is 2.33. The second-order valence-electron chi connectivity index (χ2n) is 3.30. The summed E-state index contributed by atoms with van der Waals surface area (Å²) in [4.78, 5) is 0. The monoisotopic (exact) mass is 173 g/mol. The summed E-state index contributed by atoms with van der Waals surface area (Å²) in [6, 6.07) is 8.13. The van der Waals surface area contributed by atoms with Crippen LogP contribution in [0.15, 0.2) is 28.7 Å². The second-order valence-corrected chi connectivity index (χ2v) is 3.30. The van der Waals surface area contributed by atoms with Gasteiger partial charge in [0, 0.05) is 5.39 Å². The normalized spacial score (nSPS) is 10.8. The van der Waals surface area contributed by atoms with Gasteiger partial charge >= 0.3 is 0 Å². The molecule has 0 aliphatic heterocycles. The SMILES string of the molecule is CCCCc1cccc2o[c]cc12. The molecule has 1 aromatic carbocycles. The Morgan fingerprint density at radius 1 is 1.38 bits per heavy atom. The molecular formula is C12H13O. The molecule has 0 N–H and O–H groups in total. The van der Waals surface area contributed by atoms with Gasteiger partial charge in [0.05, 0.1) is 0 Å². The maximum atomic E-state index is 5.21. The van der Waals surface area contributed by atoms with Crippen LogP contribution in [0.3, 0.4) is 0 Å². The van der Waals surface area contributed by atoms with Gasteiger partial charge in [-0.2, -0.15) is 0 Å². The predicted molar refractivity (Wildman–Crippen MR) is 53.7 cm³/mol. The Hall–Kier alpha value is -1.24. The van der Waals surface area contributed by atoms with Crippen molar-refractivity contribution in [3.05, 3.63) is 36.1 Å². The number of furan rings is 1. The molecule has 0 saturated heterocycles. The van der Waals surface area contributed by atoms with Gasteiger partial charge in [0.2, 0.25) is 0 Å². The Kier molecular flexibility index (Phi) is 2.35. The van der Waals surface area contributed by atoms with E-state index in [0.717, 1.165) is 12.0 Å². The zero-order valence-corrected chi connectivity index (χ0v) is 7.84. The predicted octanol–water partition coefficient (Wildman–Crippen LogP) is 3.58. The van der Waals surface area contributed by atoms with Gasteiger partial charge in [0.1, 0.15) is 5.58 Å². The summed E-state index contributed by atoms with van der Waals surface area (Å²) in [6.45, 7) is 2.21. The van der Waals surface area contributed by atoms with Crippen molar-refractivity contribution in [3.8, 4) is 0 Å². The number of hydrogen-bond acceptors (Lipinski definition) is 1. The summed E-state index contributed by atoms with van der Waals surface area (Å²) >= 11 is 0. The first-order chi connectivity index (χ1) is 6.42. The highest BCUT2D eigenvalue weighted by Crippen LogP contribution is 2.20. The van der Waals surface area contributed by atoms with Crippen LogP contribution < -0.4 is 0 Å². The van der Waals surface area contributed by atoms with Gasteiger partial charge in [-0.15, -0.1) is 0 Å². The van der Waals surface area contributed by atoms with Gasteiger partial charge in [-0.3, -0.25) is 0 Å². The molecule has 0 aliphatic rings. The van der Waals surface area contributed by atoms with E-state index in [-0.39, 0.29) is 0 Å². The van der Waals surface area contributed by atoms with E-state index < -0.39 is 0 Å². The van der Waals surface area contributed by atoms with E-state index in [4.69, 9.17) is 4.42 Å². The van der Waals surface area contributed by atoms with E-state index >= 15 is 0 Å². The molecule has 0 spiro atoms. The molecule has 1 heteroatoms. The van der Waals surface area contributed by atoms with Crippen LogP contribution in [-0.4, -0.2) is 0 Å². The first kappa shape index (κ1) is 8.36. The Morgan fingerprint density at radius 2 is 2.31 bits per heavy atom. The summed E-state index contributed by atoms with van der Waals surface area (Å²) < 4.78 is 5.21. The fourth-order valence-corrected chi connectivity index (χ4v) is 1.58. The number of benzene rings is 1. The number of rotatable bonds is 3. The highest BCUT2D eigenvalue weighted by molar-refractivity contribution is 5.80. The average Bonchev–Trinajstić information content (AvgIpc) is 2.62. The van der Waals surface area contributed by atoms with Crippen molar-refractivity contribution in [2.75, 3.05) is 0 Å². The van der Waals surface area contributed by atoms with Crippen molar-refractivity contribution < 1.29 is 4.42 Å². The molecule has 0 unspecified atom stereocenters. The van der Waals surface area contributed by atoms with Gasteiger partial charge < -0.3 is 4.42 Å². The van der Waals surface area contributed by atoms with Crippen LogP contribution in [0.4, 0.5) is 0 Å². The van der Waals surface area contributed by atoms with Crippen molar-refractivity contribution in [2.45, 2.75) is 26.2 Å². The molecule has 2 rings (SSSR count). The maximum absolute atomic E-state index is 5.21. The lowest BCUT2D eigenvalue weighted by molar-refractivity contribution is 0.606. The van der Waals surface area contributed by atoms with Crippen LogP contribution in [0.1, 0.15) is 25.3 Å². The molecule has 1 aromatic heterocycles. The highest BCUT2D eigenvalue weighted by atomic mass is 16.3. The van der Waals surface area contributed by atoms with Crippen molar-refractivity contribution in [1.82, 2.24) is 0 Å². The van der Waals surface area contributed by atoms with Crippen molar-refractivity contribution in [2.24, 2.45) is 0 Å². The number of aryl methyl sites for hydroxylation is 1. The van der Waals surface area contributed by atoms with E-state index in [2.05, 4.69) is 19.3 Å². The first-order valence-corrected chi connectivity index (χ1v) is 4.79. The third-order valence-electron chi connectivity index (χ3n) is 2.33. The van der Waals surface area contributed by atoms with E-state index in [1.165, 1.54) is 23.8 Å². The van der Waals surface area contributed by atoms with E-state index in [1.807, 2.05) is 18.2 Å². The number of hydrogen-bond donors (Lipinski definition) is 0. The third kappa shape index (κ3) is 1.59. The van der Waals surface area contributed by atoms with Gasteiger partial charge in [-0.1, -0.05) is 25.5 Å². The van der Waals surface area contributed by atoms with Gasteiger partial charge in [0.25, 0.3) is 0 Å². The van der Waals surface area contributed by atoms with Crippen molar-refractivity contribution in [1.29, 1.82) is 0 Å². The molecule has 13 heavy (non-hydrogen) atoms. The molecule has 1 radical (unpaired) electrons. The quantitative estimate of drug-likeness (QED) is 0.691. The largest absolute Gasteiger partial charge is 0.453 e. The van der Waals surface area contributed by atoms with Crippen LogP contribution in [0.2, 0.25) is 0 Å². The van der Waals surface area contributed by atoms with Crippen LogP contribution in [-0.2, 0) is 6.42 Å². The fourth-order valence-electron chi connectivity index (χ4n) is 1.58. The first-order valence-electron chi connectivity index (χ1n) is 4.79. The molecule has 1 nitrogen and oxygen atoms in total. The standard InChI is InChI=1S/C12H13O/c1-2-3-5-10-6-4-7-12-11(10)8-9-13-12/h4,6-8H,2-3,5H2,1H3. The smallest absolute Gasteiger partial charge is 0.170 e. The van der Waals surface area contributed by atoms with Crippen LogP contribution in [0.25, 0.3) is 11.0 Å². The lowest BCUT2D eigenvalue weighted by Crippen LogP contribution is -1.84. The molecule has 0 aliphatic carbocycles. The summed E-state index contributed by atoms with van der Waals surface area (Å²) in [7, 11) is 0. The van der Waals surface area contributed by atoms with Gasteiger partial charge in [0.15, 0.2) is 6.26 Å². The van der Waals surface area contributed by atoms with Crippen LogP contribution >= 0.6 is 0 Å². The lowest BCUT2D eigenvalue weighted by Gasteiger charge is -2.00. The Balaban J connectivity index is 2.37. The number of fused-ring (bicyclic) bond motifs is 1. The van der Waals surface area contributed by atoms with Crippen molar-refractivity contribution >= 4 is 11.0 Å². The fraction of sp³-hybridized carbons (Fsp3) is 0.333. The lowest BCUT2D eigenvalue weighted by atomic mass is 10.0. The minimum Gasteiger partial charge on any atom is -0.453 e. The number of unbranched alkanes of at least 4 members (excludes halogenated alkanes) is 1. The summed E-state index contributed by atoms with van der Waals surface area (Å²) in [5, 5.41) is 1.22. The van der Waals surface area contributed by atoms with Crippen LogP contribution in [0, 0.1) is 6.26 Å². The molecule has 67 valence electrons. The topological polar surface area (TPSA) is 13.1 Å². The van der Waals surface area contributed by atoms with Gasteiger partial charge in [-0.25, -0.2) is 0 Å².